The minimum atomic E-state index is 0. The molecule has 1 aliphatic carbocycles. The van der Waals surface area contributed by atoms with Crippen LogP contribution in [0.4, 0.5) is 0 Å². The Hall–Kier alpha value is -0.280. The van der Waals surface area contributed by atoms with Gasteiger partial charge in [0.2, 0.25) is 5.91 Å². The van der Waals surface area contributed by atoms with Gasteiger partial charge < -0.3 is 10.2 Å². The molecule has 19 heavy (non-hydrogen) atoms. The zero-order valence-corrected chi connectivity index (χ0v) is 13.2. The van der Waals surface area contributed by atoms with Crippen molar-refractivity contribution in [3.05, 3.63) is 0 Å². The van der Waals surface area contributed by atoms with E-state index in [2.05, 4.69) is 24.1 Å². The average Bonchev–Trinajstić information content (AvgIpc) is 2.81. The molecule has 1 N–H and O–H groups in total. The number of rotatable bonds is 5. The van der Waals surface area contributed by atoms with Crippen molar-refractivity contribution in [1.82, 2.24) is 10.2 Å². The summed E-state index contributed by atoms with van der Waals surface area (Å²) >= 11 is 0. The second-order valence-corrected chi connectivity index (χ2v) is 5.93. The van der Waals surface area contributed by atoms with Crippen LogP contribution in [0.25, 0.3) is 0 Å². The Morgan fingerprint density at radius 1 is 1.16 bits per heavy atom. The van der Waals surface area contributed by atoms with Gasteiger partial charge in [0.15, 0.2) is 0 Å². The molecular formula is C15H29ClN2O. The molecule has 4 heteroatoms. The van der Waals surface area contributed by atoms with Crippen molar-refractivity contribution in [3.8, 4) is 0 Å². The molecule has 1 amide bonds. The molecule has 1 saturated carbocycles. The van der Waals surface area contributed by atoms with Gasteiger partial charge in [-0.2, -0.15) is 0 Å². The first-order chi connectivity index (χ1) is 8.76. The Bertz CT molecular complexity index is 265. The van der Waals surface area contributed by atoms with Crippen LogP contribution in [0.3, 0.4) is 0 Å². The molecule has 2 aliphatic rings. The van der Waals surface area contributed by atoms with Gasteiger partial charge in [0.1, 0.15) is 0 Å². The fourth-order valence-electron chi connectivity index (χ4n) is 3.60. The molecule has 0 aromatic rings. The Kier molecular flexibility index (Phi) is 7.16. The summed E-state index contributed by atoms with van der Waals surface area (Å²) in [6.07, 6.45) is 8.49. The summed E-state index contributed by atoms with van der Waals surface area (Å²) in [5.41, 5.74) is 0. The summed E-state index contributed by atoms with van der Waals surface area (Å²) in [6.45, 7) is 6.13. The lowest BCUT2D eigenvalue weighted by Crippen LogP contribution is -2.46. The zero-order chi connectivity index (χ0) is 13.0. The summed E-state index contributed by atoms with van der Waals surface area (Å²) in [6, 6.07) is 0.731. The Balaban J connectivity index is 0.00000180. The van der Waals surface area contributed by atoms with E-state index >= 15 is 0 Å². The van der Waals surface area contributed by atoms with Gasteiger partial charge in [-0.1, -0.05) is 26.7 Å². The molecule has 0 aromatic heterocycles. The number of carbonyl (C=O) groups is 1. The molecule has 3 unspecified atom stereocenters. The van der Waals surface area contributed by atoms with Crippen molar-refractivity contribution in [2.45, 2.75) is 70.9 Å². The van der Waals surface area contributed by atoms with Crippen molar-refractivity contribution in [3.63, 3.8) is 0 Å². The molecule has 3 nitrogen and oxygen atoms in total. The number of carbonyl (C=O) groups excluding carboxylic acids is 1. The highest BCUT2D eigenvalue weighted by Crippen LogP contribution is 2.33. The van der Waals surface area contributed by atoms with Crippen LogP contribution in [0.1, 0.15) is 58.8 Å². The summed E-state index contributed by atoms with van der Waals surface area (Å²) in [4.78, 5) is 14.6. The Labute approximate surface area is 123 Å². The lowest BCUT2D eigenvalue weighted by atomic mass is 9.85. The molecule has 112 valence electrons. The molecule has 1 saturated heterocycles. The number of halogens is 1. The minimum absolute atomic E-state index is 0. The van der Waals surface area contributed by atoms with E-state index in [4.69, 9.17) is 0 Å². The molecular weight excluding hydrogens is 260 g/mol. The number of hydrogen-bond acceptors (Lipinski definition) is 2. The van der Waals surface area contributed by atoms with Crippen LogP contribution >= 0.6 is 12.4 Å². The lowest BCUT2D eigenvalue weighted by Gasteiger charge is -2.25. The molecule has 1 heterocycles. The second kappa shape index (κ2) is 8.11. The quantitative estimate of drug-likeness (QED) is 0.843. The predicted octanol–water partition coefficient (Wildman–Crippen LogP) is 2.98. The normalized spacial score (nSPS) is 29.5. The highest BCUT2D eigenvalue weighted by atomic mass is 35.5. The monoisotopic (exact) mass is 288 g/mol. The third kappa shape index (κ3) is 4.09. The van der Waals surface area contributed by atoms with E-state index in [-0.39, 0.29) is 18.4 Å². The minimum Gasteiger partial charge on any atom is -0.341 e. The number of amides is 1. The maximum Gasteiger partial charge on any atom is 0.239 e. The number of hydrogen-bond donors (Lipinski definition) is 1. The van der Waals surface area contributed by atoms with Crippen LogP contribution in [0.5, 0.6) is 0 Å². The van der Waals surface area contributed by atoms with E-state index < -0.39 is 0 Å². The molecule has 2 fully saturated rings. The summed E-state index contributed by atoms with van der Waals surface area (Å²) < 4.78 is 0. The Morgan fingerprint density at radius 3 is 2.37 bits per heavy atom. The SMILES string of the molecule is CCCN(CCC)C(=O)C1CC2CCCCC2N1.Cl. The average molecular weight is 289 g/mol. The molecule has 1 aliphatic heterocycles. The zero-order valence-electron chi connectivity index (χ0n) is 12.4. The van der Waals surface area contributed by atoms with E-state index in [1.165, 1.54) is 25.7 Å². The van der Waals surface area contributed by atoms with Crippen LogP contribution in [0.2, 0.25) is 0 Å². The summed E-state index contributed by atoms with van der Waals surface area (Å²) in [5.74, 6) is 1.12. The predicted molar refractivity (Wildman–Crippen MR) is 81.7 cm³/mol. The highest BCUT2D eigenvalue weighted by Gasteiger charge is 2.39. The van der Waals surface area contributed by atoms with Crippen molar-refractivity contribution < 1.29 is 4.79 Å². The first-order valence-electron chi connectivity index (χ1n) is 7.81. The fraction of sp³-hybridized carbons (Fsp3) is 0.933. The standard InChI is InChI=1S/C15H28N2O.ClH/c1-3-9-17(10-4-2)15(18)14-11-12-7-5-6-8-13(12)16-14;/h12-14,16H,3-11H2,1-2H3;1H. The van der Waals surface area contributed by atoms with Gasteiger partial charge in [-0.25, -0.2) is 0 Å². The molecule has 0 bridgehead atoms. The largest absolute Gasteiger partial charge is 0.341 e. The van der Waals surface area contributed by atoms with Gasteiger partial charge in [0.25, 0.3) is 0 Å². The van der Waals surface area contributed by atoms with Crippen LogP contribution in [0.15, 0.2) is 0 Å². The van der Waals surface area contributed by atoms with E-state index in [0.717, 1.165) is 38.3 Å². The highest BCUT2D eigenvalue weighted by molar-refractivity contribution is 5.85. The molecule has 3 atom stereocenters. The van der Waals surface area contributed by atoms with Crippen LogP contribution in [0, 0.1) is 5.92 Å². The number of nitrogens with zero attached hydrogens (tertiary/aromatic N) is 1. The van der Waals surface area contributed by atoms with Crippen LogP contribution in [-0.4, -0.2) is 36.0 Å². The summed E-state index contributed by atoms with van der Waals surface area (Å²) in [5, 5.41) is 3.60. The molecule has 0 radical (unpaired) electrons. The van der Waals surface area contributed by atoms with E-state index in [0.29, 0.717) is 11.9 Å². The van der Waals surface area contributed by atoms with Gasteiger partial charge in [-0.15, -0.1) is 12.4 Å². The van der Waals surface area contributed by atoms with Crippen molar-refractivity contribution >= 4 is 18.3 Å². The molecule has 0 aromatic carbocycles. The third-order valence-corrected chi connectivity index (χ3v) is 4.46. The van der Waals surface area contributed by atoms with Gasteiger partial charge in [-0.05, 0) is 38.0 Å². The first-order valence-corrected chi connectivity index (χ1v) is 7.81. The fourth-order valence-corrected chi connectivity index (χ4v) is 3.60. The van der Waals surface area contributed by atoms with Gasteiger partial charge in [-0.3, -0.25) is 4.79 Å². The van der Waals surface area contributed by atoms with Gasteiger partial charge in [0, 0.05) is 19.1 Å². The van der Waals surface area contributed by atoms with Crippen molar-refractivity contribution in [1.29, 1.82) is 0 Å². The Morgan fingerprint density at radius 2 is 1.79 bits per heavy atom. The van der Waals surface area contributed by atoms with E-state index in [1.54, 1.807) is 0 Å². The third-order valence-electron chi connectivity index (χ3n) is 4.46. The second-order valence-electron chi connectivity index (χ2n) is 5.93. The van der Waals surface area contributed by atoms with E-state index in [9.17, 15) is 4.79 Å². The van der Waals surface area contributed by atoms with Gasteiger partial charge in [0.05, 0.1) is 6.04 Å². The molecule has 2 rings (SSSR count). The summed E-state index contributed by atoms with van der Waals surface area (Å²) in [7, 11) is 0. The van der Waals surface area contributed by atoms with Crippen LogP contribution < -0.4 is 5.32 Å². The lowest BCUT2D eigenvalue weighted by molar-refractivity contribution is -0.133. The van der Waals surface area contributed by atoms with Crippen molar-refractivity contribution in [2.75, 3.05) is 13.1 Å². The topological polar surface area (TPSA) is 32.3 Å². The maximum atomic E-state index is 12.5. The first kappa shape index (κ1) is 16.8. The number of nitrogens with one attached hydrogen (secondary N) is 1. The number of fused-ring (bicyclic) bond motifs is 1. The van der Waals surface area contributed by atoms with Crippen LogP contribution in [-0.2, 0) is 4.79 Å². The van der Waals surface area contributed by atoms with E-state index in [1.807, 2.05) is 0 Å². The molecule has 0 spiro atoms. The van der Waals surface area contributed by atoms with Crippen molar-refractivity contribution in [2.24, 2.45) is 5.92 Å². The maximum absolute atomic E-state index is 12.5. The smallest absolute Gasteiger partial charge is 0.239 e. The van der Waals surface area contributed by atoms with Gasteiger partial charge >= 0.3 is 0 Å².